The highest BCUT2D eigenvalue weighted by atomic mass is 32.1. The van der Waals surface area contributed by atoms with E-state index in [-0.39, 0.29) is 0 Å². The number of nitrogens with zero attached hydrogens (tertiary/aromatic N) is 5. The summed E-state index contributed by atoms with van der Waals surface area (Å²) in [7, 11) is 0. The summed E-state index contributed by atoms with van der Waals surface area (Å²) in [5, 5.41) is 6.58. The van der Waals surface area contributed by atoms with Crippen molar-refractivity contribution in [2.24, 2.45) is 0 Å². The first-order valence-corrected chi connectivity index (χ1v) is 6.36. The third kappa shape index (κ3) is 2.29. The van der Waals surface area contributed by atoms with Crippen LogP contribution in [0.25, 0.3) is 11.5 Å². The standard InChI is InChI=1S/C11H9N5O2S/c1-7-14-8(6-19-7)5-16-10(15-18-11(16)17)9-4-12-2-3-13-9/h2-4,6H,5H2,1H3. The molecule has 0 bridgehead atoms. The van der Waals surface area contributed by atoms with Gasteiger partial charge in [0, 0.05) is 17.8 Å². The Balaban J connectivity index is 2.02. The van der Waals surface area contributed by atoms with Gasteiger partial charge in [0.15, 0.2) is 0 Å². The Morgan fingerprint density at radius 1 is 1.42 bits per heavy atom. The average Bonchev–Trinajstić information content (AvgIpc) is 2.99. The maximum Gasteiger partial charge on any atom is 0.442 e. The summed E-state index contributed by atoms with van der Waals surface area (Å²) < 4.78 is 6.08. The molecule has 3 aromatic rings. The predicted molar refractivity (Wildman–Crippen MR) is 67.7 cm³/mol. The Labute approximate surface area is 111 Å². The molecule has 0 aliphatic carbocycles. The van der Waals surface area contributed by atoms with Crippen LogP contribution in [0.15, 0.2) is 33.3 Å². The Bertz CT molecular complexity index is 746. The quantitative estimate of drug-likeness (QED) is 0.711. The largest absolute Gasteiger partial charge is 0.442 e. The molecule has 0 radical (unpaired) electrons. The normalized spacial score (nSPS) is 10.8. The van der Waals surface area contributed by atoms with Gasteiger partial charge in [-0.15, -0.1) is 11.3 Å². The van der Waals surface area contributed by atoms with Gasteiger partial charge in [0.2, 0.25) is 5.82 Å². The van der Waals surface area contributed by atoms with E-state index >= 15 is 0 Å². The van der Waals surface area contributed by atoms with Crippen LogP contribution in [0.4, 0.5) is 0 Å². The molecule has 0 aromatic carbocycles. The van der Waals surface area contributed by atoms with Gasteiger partial charge in [0.25, 0.3) is 0 Å². The molecule has 0 aliphatic heterocycles. The van der Waals surface area contributed by atoms with Crippen molar-refractivity contribution in [3.63, 3.8) is 0 Å². The molecule has 0 fully saturated rings. The van der Waals surface area contributed by atoms with Gasteiger partial charge in [0.05, 0.1) is 23.4 Å². The van der Waals surface area contributed by atoms with Crippen molar-refractivity contribution in [1.82, 2.24) is 24.7 Å². The van der Waals surface area contributed by atoms with E-state index in [2.05, 4.69) is 20.1 Å². The van der Waals surface area contributed by atoms with E-state index in [0.717, 1.165) is 10.7 Å². The number of thiazole rings is 1. The second-order valence-corrected chi connectivity index (χ2v) is 4.87. The molecule has 0 aliphatic rings. The minimum atomic E-state index is -0.536. The molecule has 0 saturated carbocycles. The summed E-state index contributed by atoms with van der Waals surface area (Å²) >= 11 is 1.53. The van der Waals surface area contributed by atoms with Crippen molar-refractivity contribution < 1.29 is 4.52 Å². The predicted octanol–water partition coefficient (Wildman–Crippen LogP) is 1.11. The fourth-order valence-corrected chi connectivity index (χ4v) is 2.25. The van der Waals surface area contributed by atoms with Crippen LogP contribution in [0.1, 0.15) is 10.7 Å². The molecule has 0 spiro atoms. The summed E-state index contributed by atoms with van der Waals surface area (Å²) in [5.74, 6) is -0.185. The van der Waals surface area contributed by atoms with E-state index < -0.39 is 5.76 Å². The van der Waals surface area contributed by atoms with Crippen molar-refractivity contribution >= 4 is 11.3 Å². The van der Waals surface area contributed by atoms with E-state index in [1.54, 1.807) is 6.20 Å². The van der Waals surface area contributed by atoms with Crippen molar-refractivity contribution in [1.29, 1.82) is 0 Å². The van der Waals surface area contributed by atoms with Gasteiger partial charge in [-0.05, 0) is 6.92 Å². The molecule has 0 unspecified atom stereocenters. The van der Waals surface area contributed by atoms with Crippen LogP contribution >= 0.6 is 11.3 Å². The lowest BCUT2D eigenvalue weighted by Gasteiger charge is -2.00. The Hall–Kier alpha value is -2.35. The monoisotopic (exact) mass is 275 g/mol. The van der Waals surface area contributed by atoms with Crippen LogP contribution in [0.5, 0.6) is 0 Å². The Morgan fingerprint density at radius 3 is 3.00 bits per heavy atom. The molecule has 0 N–H and O–H groups in total. The summed E-state index contributed by atoms with van der Waals surface area (Å²) in [6, 6.07) is 0. The Morgan fingerprint density at radius 2 is 2.32 bits per heavy atom. The first-order valence-electron chi connectivity index (χ1n) is 5.48. The molecule has 0 saturated heterocycles. The number of aromatic nitrogens is 5. The van der Waals surface area contributed by atoms with Gasteiger partial charge in [0.1, 0.15) is 5.69 Å². The smallest absolute Gasteiger partial charge is 0.295 e. The summed E-state index contributed by atoms with van der Waals surface area (Å²) in [5.41, 5.74) is 1.28. The molecule has 3 rings (SSSR count). The van der Waals surface area contributed by atoms with Crippen molar-refractivity contribution in [3.05, 3.63) is 45.2 Å². The van der Waals surface area contributed by atoms with E-state index in [9.17, 15) is 4.79 Å². The highest BCUT2D eigenvalue weighted by Crippen LogP contribution is 2.14. The zero-order chi connectivity index (χ0) is 13.2. The lowest BCUT2D eigenvalue weighted by Crippen LogP contribution is -2.16. The maximum absolute atomic E-state index is 11.7. The van der Waals surface area contributed by atoms with Crippen LogP contribution in [0, 0.1) is 6.92 Å². The fraction of sp³-hybridized carbons (Fsp3) is 0.182. The molecular weight excluding hydrogens is 266 g/mol. The third-order valence-corrected chi connectivity index (χ3v) is 3.29. The Kier molecular flexibility index (Phi) is 2.92. The SMILES string of the molecule is Cc1nc(Cn2c(-c3cnccn3)noc2=O)cs1. The van der Waals surface area contributed by atoms with Crippen molar-refractivity contribution in [2.45, 2.75) is 13.5 Å². The minimum Gasteiger partial charge on any atom is -0.295 e. The van der Waals surface area contributed by atoms with Gasteiger partial charge >= 0.3 is 5.76 Å². The number of rotatable bonds is 3. The number of hydrogen-bond acceptors (Lipinski definition) is 7. The molecule has 3 aromatic heterocycles. The highest BCUT2D eigenvalue weighted by Gasteiger charge is 2.15. The minimum absolute atomic E-state index is 0.304. The van der Waals surface area contributed by atoms with Gasteiger partial charge in [-0.2, -0.15) is 0 Å². The molecule has 96 valence electrons. The second kappa shape index (κ2) is 4.73. The molecule has 0 amide bonds. The lowest BCUT2D eigenvalue weighted by molar-refractivity contribution is 0.378. The zero-order valence-corrected chi connectivity index (χ0v) is 10.8. The summed E-state index contributed by atoms with van der Waals surface area (Å²) in [4.78, 5) is 24.1. The topological polar surface area (TPSA) is 86.7 Å². The van der Waals surface area contributed by atoms with Gasteiger partial charge in [-0.25, -0.2) is 19.3 Å². The van der Waals surface area contributed by atoms with Gasteiger partial charge in [-0.3, -0.25) is 9.51 Å². The lowest BCUT2D eigenvalue weighted by atomic mass is 10.4. The first-order chi connectivity index (χ1) is 9.24. The third-order valence-electron chi connectivity index (χ3n) is 2.47. The molecule has 19 heavy (non-hydrogen) atoms. The van der Waals surface area contributed by atoms with E-state index in [0.29, 0.717) is 18.1 Å². The van der Waals surface area contributed by atoms with Crippen LogP contribution in [0.3, 0.4) is 0 Å². The van der Waals surface area contributed by atoms with Crippen LogP contribution in [-0.4, -0.2) is 24.7 Å². The zero-order valence-electron chi connectivity index (χ0n) is 9.98. The van der Waals surface area contributed by atoms with E-state index in [1.807, 2.05) is 12.3 Å². The van der Waals surface area contributed by atoms with E-state index in [4.69, 9.17) is 4.52 Å². The number of hydrogen-bond donors (Lipinski definition) is 0. The van der Waals surface area contributed by atoms with Gasteiger partial charge in [-0.1, -0.05) is 5.16 Å². The van der Waals surface area contributed by atoms with E-state index in [1.165, 1.54) is 28.3 Å². The summed E-state index contributed by atoms with van der Waals surface area (Å²) in [6.07, 6.45) is 4.61. The number of aryl methyl sites for hydroxylation is 1. The van der Waals surface area contributed by atoms with Crippen molar-refractivity contribution in [2.75, 3.05) is 0 Å². The van der Waals surface area contributed by atoms with Crippen molar-refractivity contribution in [3.8, 4) is 11.5 Å². The van der Waals surface area contributed by atoms with Gasteiger partial charge < -0.3 is 0 Å². The highest BCUT2D eigenvalue weighted by molar-refractivity contribution is 7.09. The second-order valence-electron chi connectivity index (χ2n) is 3.81. The molecule has 7 nitrogen and oxygen atoms in total. The average molecular weight is 275 g/mol. The maximum atomic E-state index is 11.7. The fourth-order valence-electron chi connectivity index (χ4n) is 1.65. The first kappa shape index (κ1) is 11.7. The molecule has 0 atom stereocenters. The van der Waals surface area contributed by atoms with Crippen LogP contribution < -0.4 is 5.76 Å². The van der Waals surface area contributed by atoms with Crippen LogP contribution in [0.2, 0.25) is 0 Å². The molecule has 3 heterocycles. The molecule has 8 heteroatoms. The van der Waals surface area contributed by atoms with Crippen LogP contribution in [-0.2, 0) is 6.54 Å². The summed E-state index contributed by atoms with van der Waals surface area (Å²) in [6.45, 7) is 2.22. The molecular formula is C11H9N5O2S.